The molecule has 1 amide bonds. The normalized spacial score (nSPS) is 14.5. The number of fused-ring (bicyclic) bond motifs is 1. The molecule has 28 heavy (non-hydrogen) atoms. The third kappa shape index (κ3) is 3.50. The van der Waals surface area contributed by atoms with E-state index in [9.17, 15) is 14.4 Å². The Kier molecular flexibility index (Phi) is 5.76. The van der Waals surface area contributed by atoms with Gasteiger partial charge in [-0.25, -0.2) is 4.79 Å². The highest BCUT2D eigenvalue weighted by molar-refractivity contribution is 5.84. The number of amides is 1. The summed E-state index contributed by atoms with van der Waals surface area (Å²) in [6.07, 6.45) is 3.05. The molecule has 0 saturated carbocycles. The van der Waals surface area contributed by atoms with E-state index in [2.05, 4.69) is 0 Å². The Bertz CT molecular complexity index is 1000. The molecular weight excluding hydrogens is 362 g/mol. The average molecular weight is 389 g/mol. The molecule has 8 nitrogen and oxygen atoms in total. The fourth-order valence-electron chi connectivity index (χ4n) is 3.70. The number of carbonyl (C=O) groups excluding carboxylic acids is 1. The predicted octanol–water partition coefficient (Wildman–Crippen LogP) is 1.77. The lowest BCUT2D eigenvalue weighted by Gasteiger charge is -2.27. The zero-order valence-corrected chi connectivity index (χ0v) is 16.9. The smallest absolute Gasteiger partial charge is 0.332 e. The second-order valence-corrected chi connectivity index (χ2v) is 7.30. The Hall–Kier alpha value is -2.77. The summed E-state index contributed by atoms with van der Waals surface area (Å²) in [5, 5.41) is 0.317. The molecule has 1 aliphatic heterocycles. The molecule has 1 aromatic heterocycles. The van der Waals surface area contributed by atoms with E-state index in [0.29, 0.717) is 35.5 Å². The van der Waals surface area contributed by atoms with Gasteiger partial charge < -0.3 is 14.4 Å². The van der Waals surface area contributed by atoms with Gasteiger partial charge in [-0.15, -0.1) is 0 Å². The van der Waals surface area contributed by atoms with Crippen molar-refractivity contribution in [3.05, 3.63) is 33.0 Å². The van der Waals surface area contributed by atoms with Gasteiger partial charge in [-0.2, -0.15) is 0 Å². The van der Waals surface area contributed by atoms with Gasteiger partial charge in [0.1, 0.15) is 6.54 Å². The zero-order valence-electron chi connectivity index (χ0n) is 16.9. The number of aromatic nitrogens is 2. The topological polar surface area (TPSA) is 82.8 Å². The number of benzene rings is 1. The molecule has 3 rings (SSSR count). The maximum Gasteiger partial charge on any atom is 0.332 e. The van der Waals surface area contributed by atoms with Crippen LogP contribution in [0.5, 0.6) is 11.5 Å². The van der Waals surface area contributed by atoms with Gasteiger partial charge in [-0.3, -0.25) is 18.7 Å². The van der Waals surface area contributed by atoms with Gasteiger partial charge in [0.15, 0.2) is 11.5 Å². The van der Waals surface area contributed by atoms with Gasteiger partial charge in [0, 0.05) is 25.2 Å². The van der Waals surface area contributed by atoms with Crippen molar-refractivity contribution in [2.24, 2.45) is 0 Å². The van der Waals surface area contributed by atoms with Crippen LogP contribution in [0.3, 0.4) is 0 Å². The van der Waals surface area contributed by atoms with Gasteiger partial charge in [-0.1, -0.05) is 0 Å². The molecule has 1 aromatic carbocycles. The van der Waals surface area contributed by atoms with Gasteiger partial charge in [0.25, 0.3) is 5.56 Å². The Balaban J connectivity index is 2.22. The van der Waals surface area contributed by atoms with Crippen LogP contribution in [0, 0.1) is 0 Å². The summed E-state index contributed by atoms with van der Waals surface area (Å²) in [6, 6.07) is 2.82. The molecule has 0 radical (unpaired) electrons. The fourth-order valence-corrected chi connectivity index (χ4v) is 3.70. The number of likely N-dealkylation sites (tertiary alicyclic amines) is 1. The minimum absolute atomic E-state index is 0.113. The summed E-state index contributed by atoms with van der Waals surface area (Å²) in [7, 11) is 2.97. The van der Waals surface area contributed by atoms with Crippen LogP contribution in [0.15, 0.2) is 21.7 Å². The molecule has 8 heteroatoms. The molecule has 0 aliphatic carbocycles. The van der Waals surface area contributed by atoms with Gasteiger partial charge in [0.2, 0.25) is 5.91 Å². The predicted molar refractivity (Wildman–Crippen MR) is 106 cm³/mol. The lowest BCUT2D eigenvalue weighted by molar-refractivity contribution is -0.132. The van der Waals surface area contributed by atoms with Crippen molar-refractivity contribution in [3.63, 3.8) is 0 Å². The van der Waals surface area contributed by atoms with E-state index in [-0.39, 0.29) is 18.5 Å². The fraction of sp³-hybridized carbons (Fsp3) is 0.550. The van der Waals surface area contributed by atoms with Crippen LogP contribution in [-0.2, 0) is 11.3 Å². The van der Waals surface area contributed by atoms with E-state index in [0.717, 1.165) is 19.3 Å². The summed E-state index contributed by atoms with van der Waals surface area (Å²) in [5.41, 5.74) is -0.530. The summed E-state index contributed by atoms with van der Waals surface area (Å²) < 4.78 is 13.2. The minimum Gasteiger partial charge on any atom is -0.493 e. The van der Waals surface area contributed by atoms with Gasteiger partial charge >= 0.3 is 5.69 Å². The van der Waals surface area contributed by atoms with Gasteiger partial charge in [-0.05, 0) is 39.2 Å². The third-order valence-corrected chi connectivity index (χ3v) is 5.20. The third-order valence-electron chi connectivity index (χ3n) is 5.20. The number of piperidine rings is 1. The summed E-state index contributed by atoms with van der Waals surface area (Å²) in [6.45, 7) is 4.83. The van der Waals surface area contributed by atoms with Crippen LogP contribution in [0.25, 0.3) is 10.9 Å². The molecular formula is C20H27N3O5. The number of hydrogen-bond donors (Lipinski definition) is 0. The molecule has 0 atom stereocenters. The van der Waals surface area contributed by atoms with Crippen LogP contribution >= 0.6 is 0 Å². The van der Waals surface area contributed by atoms with E-state index in [1.165, 1.54) is 23.4 Å². The van der Waals surface area contributed by atoms with Crippen molar-refractivity contribution >= 4 is 16.8 Å². The molecule has 0 N–H and O–H groups in total. The highest BCUT2D eigenvalue weighted by Crippen LogP contribution is 2.30. The van der Waals surface area contributed by atoms with E-state index < -0.39 is 11.2 Å². The van der Waals surface area contributed by atoms with E-state index in [1.807, 2.05) is 0 Å². The van der Waals surface area contributed by atoms with Crippen molar-refractivity contribution < 1.29 is 14.3 Å². The van der Waals surface area contributed by atoms with Crippen LogP contribution in [0.4, 0.5) is 0 Å². The molecule has 1 saturated heterocycles. The Morgan fingerprint density at radius 3 is 2.21 bits per heavy atom. The Morgan fingerprint density at radius 2 is 1.64 bits per heavy atom. The van der Waals surface area contributed by atoms with Gasteiger partial charge in [0.05, 0.1) is 25.1 Å². The number of carbonyl (C=O) groups is 1. The standard InChI is InChI=1S/C20H27N3O5/c1-13(2)23-19(25)14-10-16(27-3)17(28-4)11-15(14)22(20(23)26)12-18(24)21-8-6-5-7-9-21/h10-11,13H,5-9,12H2,1-4H3. The summed E-state index contributed by atoms with van der Waals surface area (Å²) in [5.74, 6) is 0.678. The van der Waals surface area contributed by atoms with Crippen LogP contribution in [-0.4, -0.2) is 47.3 Å². The number of rotatable bonds is 5. The number of ether oxygens (including phenoxy) is 2. The van der Waals surface area contributed by atoms with Crippen molar-refractivity contribution in [1.29, 1.82) is 0 Å². The monoisotopic (exact) mass is 389 g/mol. The van der Waals surface area contributed by atoms with E-state index in [4.69, 9.17) is 9.47 Å². The molecule has 152 valence electrons. The maximum atomic E-state index is 13.1. The number of methoxy groups -OCH3 is 2. The molecule has 1 aliphatic rings. The Labute approximate surface area is 163 Å². The zero-order chi connectivity index (χ0) is 20.4. The molecule has 2 heterocycles. The SMILES string of the molecule is COc1cc2c(=O)n(C(C)C)c(=O)n(CC(=O)N3CCCCC3)c2cc1OC. The molecule has 1 fully saturated rings. The first-order chi connectivity index (χ1) is 13.4. The van der Waals surface area contributed by atoms with Crippen LogP contribution in [0.2, 0.25) is 0 Å². The van der Waals surface area contributed by atoms with Crippen molar-refractivity contribution in [3.8, 4) is 11.5 Å². The maximum absolute atomic E-state index is 13.1. The van der Waals surface area contributed by atoms with Crippen molar-refractivity contribution in [2.45, 2.75) is 45.7 Å². The highest BCUT2D eigenvalue weighted by atomic mass is 16.5. The summed E-state index contributed by atoms with van der Waals surface area (Å²) in [4.78, 5) is 40.7. The largest absolute Gasteiger partial charge is 0.493 e. The lowest BCUT2D eigenvalue weighted by atomic mass is 10.1. The summed E-state index contributed by atoms with van der Waals surface area (Å²) >= 11 is 0. The lowest BCUT2D eigenvalue weighted by Crippen LogP contribution is -2.45. The second-order valence-electron chi connectivity index (χ2n) is 7.30. The first-order valence-electron chi connectivity index (χ1n) is 9.57. The van der Waals surface area contributed by atoms with Crippen molar-refractivity contribution in [1.82, 2.24) is 14.0 Å². The minimum atomic E-state index is -0.495. The highest BCUT2D eigenvalue weighted by Gasteiger charge is 2.22. The number of hydrogen-bond acceptors (Lipinski definition) is 5. The second kappa shape index (κ2) is 8.08. The van der Waals surface area contributed by atoms with E-state index in [1.54, 1.807) is 30.9 Å². The molecule has 2 aromatic rings. The number of nitrogens with zero attached hydrogens (tertiary/aromatic N) is 3. The van der Waals surface area contributed by atoms with Crippen LogP contribution in [0.1, 0.15) is 39.2 Å². The molecule has 0 bridgehead atoms. The quantitative estimate of drug-likeness (QED) is 0.778. The Morgan fingerprint density at radius 1 is 1.04 bits per heavy atom. The first-order valence-corrected chi connectivity index (χ1v) is 9.57. The van der Waals surface area contributed by atoms with Crippen LogP contribution < -0.4 is 20.7 Å². The van der Waals surface area contributed by atoms with Crippen molar-refractivity contribution in [2.75, 3.05) is 27.3 Å². The molecule has 0 spiro atoms. The van der Waals surface area contributed by atoms with E-state index >= 15 is 0 Å². The average Bonchev–Trinajstić information content (AvgIpc) is 2.70. The molecule has 0 unspecified atom stereocenters. The first kappa shape index (κ1) is 20.0.